The highest BCUT2D eigenvalue weighted by Gasteiger charge is 2.31. The zero-order valence-electron chi connectivity index (χ0n) is 20.3. The Balaban J connectivity index is 1.61. The van der Waals surface area contributed by atoms with Gasteiger partial charge in [-0.05, 0) is 67.0 Å². The standard InChI is InChI=1S/C26H36N2O4S/c1-18(2)23-16-24(19(3)15-25(23)32-5)20(4)27-26(29)22-11-13-28(14-12-22)33(30,31)17-21-9-7-6-8-10-21/h6-10,15-16,18,20,22H,11-14,17H2,1-5H3,(H,27,29)/t20-/m0/s1. The van der Waals surface area contributed by atoms with Gasteiger partial charge in [0.1, 0.15) is 5.75 Å². The maximum atomic E-state index is 13.0. The normalized spacial score (nSPS) is 16.5. The molecule has 0 bridgehead atoms. The van der Waals surface area contributed by atoms with Crippen molar-refractivity contribution in [2.24, 2.45) is 5.92 Å². The van der Waals surface area contributed by atoms with Crippen LogP contribution in [0, 0.1) is 12.8 Å². The number of ether oxygens (including phenoxy) is 1. The number of carbonyl (C=O) groups is 1. The van der Waals surface area contributed by atoms with Crippen LogP contribution in [-0.4, -0.2) is 38.8 Å². The van der Waals surface area contributed by atoms with Crippen molar-refractivity contribution in [3.63, 3.8) is 0 Å². The molecule has 7 heteroatoms. The van der Waals surface area contributed by atoms with E-state index in [9.17, 15) is 13.2 Å². The molecule has 1 saturated heterocycles. The van der Waals surface area contributed by atoms with Gasteiger partial charge in [0.15, 0.2) is 0 Å². The summed E-state index contributed by atoms with van der Waals surface area (Å²) in [5.74, 6) is 0.984. The second-order valence-corrected chi connectivity index (χ2v) is 11.2. The van der Waals surface area contributed by atoms with Gasteiger partial charge in [0, 0.05) is 19.0 Å². The number of sulfonamides is 1. The fraction of sp³-hybridized carbons (Fsp3) is 0.500. The Labute approximate surface area is 198 Å². The Morgan fingerprint density at radius 3 is 2.30 bits per heavy atom. The molecule has 1 amide bonds. The number of carbonyl (C=O) groups excluding carboxylic acids is 1. The van der Waals surface area contributed by atoms with Gasteiger partial charge in [0.25, 0.3) is 0 Å². The van der Waals surface area contributed by atoms with E-state index in [0.717, 1.165) is 28.0 Å². The first kappa shape index (κ1) is 25.2. The highest BCUT2D eigenvalue weighted by molar-refractivity contribution is 7.88. The van der Waals surface area contributed by atoms with E-state index in [1.165, 1.54) is 4.31 Å². The molecule has 3 rings (SSSR count). The molecule has 6 nitrogen and oxygen atoms in total. The smallest absolute Gasteiger partial charge is 0.223 e. The van der Waals surface area contributed by atoms with Crippen LogP contribution >= 0.6 is 0 Å². The van der Waals surface area contributed by atoms with Crippen molar-refractivity contribution in [1.82, 2.24) is 9.62 Å². The Morgan fingerprint density at radius 2 is 1.73 bits per heavy atom. The van der Waals surface area contributed by atoms with Crippen LogP contribution in [0.15, 0.2) is 42.5 Å². The first-order chi connectivity index (χ1) is 15.6. The SMILES string of the molecule is COc1cc(C)c([C@H](C)NC(=O)C2CCN(S(=O)(=O)Cc3ccccc3)CC2)cc1C(C)C. The molecule has 0 aromatic heterocycles. The van der Waals surface area contributed by atoms with Crippen molar-refractivity contribution in [2.75, 3.05) is 20.2 Å². The molecule has 0 aliphatic carbocycles. The third-order valence-corrected chi connectivity index (χ3v) is 8.33. The van der Waals surface area contributed by atoms with Crippen LogP contribution in [0.4, 0.5) is 0 Å². The third-order valence-electron chi connectivity index (χ3n) is 6.48. The zero-order valence-corrected chi connectivity index (χ0v) is 21.1. The molecule has 0 radical (unpaired) electrons. The maximum Gasteiger partial charge on any atom is 0.223 e. The fourth-order valence-electron chi connectivity index (χ4n) is 4.49. The number of hydrogen-bond acceptors (Lipinski definition) is 4. The lowest BCUT2D eigenvalue weighted by Gasteiger charge is -2.31. The number of aryl methyl sites for hydroxylation is 1. The average Bonchev–Trinajstić information content (AvgIpc) is 2.78. The number of methoxy groups -OCH3 is 1. The summed E-state index contributed by atoms with van der Waals surface area (Å²) >= 11 is 0. The number of nitrogens with zero attached hydrogens (tertiary/aromatic N) is 1. The van der Waals surface area contributed by atoms with Crippen LogP contribution in [0.3, 0.4) is 0 Å². The van der Waals surface area contributed by atoms with Crippen molar-refractivity contribution < 1.29 is 17.9 Å². The van der Waals surface area contributed by atoms with Crippen molar-refractivity contribution in [3.05, 3.63) is 64.7 Å². The van der Waals surface area contributed by atoms with Gasteiger partial charge in [-0.1, -0.05) is 44.2 Å². The number of rotatable bonds is 8. The lowest BCUT2D eigenvalue weighted by Crippen LogP contribution is -2.43. The highest BCUT2D eigenvalue weighted by atomic mass is 32.2. The minimum Gasteiger partial charge on any atom is -0.496 e. The van der Waals surface area contributed by atoms with Crippen LogP contribution in [-0.2, 0) is 20.6 Å². The average molecular weight is 473 g/mol. The van der Waals surface area contributed by atoms with Crippen molar-refractivity contribution in [3.8, 4) is 5.75 Å². The molecular weight excluding hydrogens is 436 g/mol. The molecule has 1 aliphatic heterocycles. The summed E-state index contributed by atoms with van der Waals surface area (Å²) in [4.78, 5) is 13.0. The van der Waals surface area contributed by atoms with Crippen LogP contribution in [0.1, 0.15) is 67.8 Å². The second-order valence-electron chi connectivity index (χ2n) is 9.25. The molecule has 2 aromatic carbocycles. The van der Waals surface area contributed by atoms with Gasteiger partial charge < -0.3 is 10.1 Å². The molecule has 180 valence electrons. The Kier molecular flexibility index (Phi) is 8.19. The Hall–Kier alpha value is -2.38. The summed E-state index contributed by atoms with van der Waals surface area (Å²) in [6.07, 6.45) is 1.07. The summed E-state index contributed by atoms with van der Waals surface area (Å²) in [6, 6.07) is 13.2. The van der Waals surface area contributed by atoms with Gasteiger partial charge in [0.2, 0.25) is 15.9 Å². The maximum absolute atomic E-state index is 13.0. The van der Waals surface area contributed by atoms with Crippen molar-refractivity contribution in [2.45, 2.75) is 58.2 Å². The Morgan fingerprint density at radius 1 is 1.09 bits per heavy atom. The summed E-state index contributed by atoms with van der Waals surface area (Å²) in [5, 5.41) is 3.16. The van der Waals surface area contributed by atoms with Gasteiger partial charge in [-0.25, -0.2) is 12.7 Å². The summed E-state index contributed by atoms with van der Waals surface area (Å²) in [7, 11) is -1.71. The van der Waals surface area contributed by atoms with E-state index in [4.69, 9.17) is 4.74 Å². The van der Waals surface area contributed by atoms with E-state index >= 15 is 0 Å². The minimum absolute atomic E-state index is 0.00331. The van der Waals surface area contributed by atoms with Gasteiger partial charge in [-0.2, -0.15) is 0 Å². The predicted molar refractivity (Wildman–Crippen MR) is 132 cm³/mol. The number of benzene rings is 2. The summed E-state index contributed by atoms with van der Waals surface area (Å²) in [5.41, 5.74) is 4.06. The molecule has 0 unspecified atom stereocenters. The largest absolute Gasteiger partial charge is 0.496 e. The van der Waals surface area contributed by atoms with Crippen LogP contribution in [0.2, 0.25) is 0 Å². The van der Waals surface area contributed by atoms with E-state index in [-0.39, 0.29) is 23.6 Å². The van der Waals surface area contributed by atoms with Gasteiger partial charge in [-0.15, -0.1) is 0 Å². The molecule has 1 heterocycles. The summed E-state index contributed by atoms with van der Waals surface area (Å²) < 4.78 is 32.6. The van der Waals surface area contributed by atoms with Crippen LogP contribution in [0.25, 0.3) is 0 Å². The highest BCUT2D eigenvalue weighted by Crippen LogP contribution is 2.32. The van der Waals surface area contributed by atoms with Crippen LogP contribution < -0.4 is 10.1 Å². The minimum atomic E-state index is -3.39. The quantitative estimate of drug-likeness (QED) is 0.612. The van der Waals surface area contributed by atoms with Gasteiger partial charge in [0.05, 0.1) is 18.9 Å². The van der Waals surface area contributed by atoms with E-state index in [2.05, 4.69) is 25.2 Å². The zero-order chi connectivity index (χ0) is 24.2. The van der Waals surface area contributed by atoms with Crippen molar-refractivity contribution in [1.29, 1.82) is 0 Å². The first-order valence-corrected chi connectivity index (χ1v) is 13.2. The van der Waals surface area contributed by atoms with Crippen LogP contribution in [0.5, 0.6) is 5.75 Å². The summed E-state index contributed by atoms with van der Waals surface area (Å²) in [6.45, 7) is 9.03. The van der Waals surface area contributed by atoms with Crippen molar-refractivity contribution >= 4 is 15.9 Å². The molecular formula is C26H36N2O4S. The number of piperidine rings is 1. The molecule has 1 N–H and O–H groups in total. The van der Waals surface area contributed by atoms with Gasteiger partial charge in [-0.3, -0.25) is 4.79 Å². The molecule has 33 heavy (non-hydrogen) atoms. The predicted octanol–water partition coefficient (Wildman–Crippen LogP) is 4.55. The second kappa shape index (κ2) is 10.7. The lowest BCUT2D eigenvalue weighted by atomic mass is 9.92. The molecule has 1 aliphatic rings. The monoisotopic (exact) mass is 472 g/mol. The van der Waals surface area contributed by atoms with Gasteiger partial charge >= 0.3 is 0 Å². The molecule has 2 aromatic rings. The van der Waals surface area contributed by atoms with E-state index < -0.39 is 10.0 Å². The van der Waals surface area contributed by atoms with E-state index in [0.29, 0.717) is 31.8 Å². The van der Waals surface area contributed by atoms with E-state index in [1.54, 1.807) is 7.11 Å². The Bertz CT molecular complexity index is 1060. The van der Waals surface area contributed by atoms with E-state index in [1.807, 2.05) is 50.2 Å². The molecule has 0 saturated carbocycles. The number of amides is 1. The lowest BCUT2D eigenvalue weighted by molar-refractivity contribution is -0.126. The number of nitrogens with one attached hydrogen (secondary N) is 1. The topological polar surface area (TPSA) is 75.7 Å². The molecule has 1 atom stereocenters. The third kappa shape index (κ3) is 6.15. The number of hydrogen-bond donors (Lipinski definition) is 1. The molecule has 1 fully saturated rings. The fourth-order valence-corrected chi connectivity index (χ4v) is 6.05. The first-order valence-electron chi connectivity index (χ1n) is 11.6. The molecule has 0 spiro atoms.